The first-order valence-corrected chi connectivity index (χ1v) is 9.18. The fourth-order valence-corrected chi connectivity index (χ4v) is 4.71. The zero-order chi connectivity index (χ0) is 15.9. The van der Waals surface area contributed by atoms with Gasteiger partial charge < -0.3 is 9.64 Å². The first kappa shape index (κ1) is 15.3. The third kappa shape index (κ3) is 2.59. The van der Waals surface area contributed by atoms with Crippen LogP contribution in [0.15, 0.2) is 24.3 Å². The van der Waals surface area contributed by atoms with Crippen LogP contribution in [0.2, 0.25) is 0 Å². The first-order chi connectivity index (χ1) is 10.4. The van der Waals surface area contributed by atoms with Crippen molar-refractivity contribution in [1.82, 2.24) is 9.21 Å². The highest BCUT2D eigenvalue weighted by atomic mass is 32.2. The predicted molar refractivity (Wildman–Crippen MR) is 82.4 cm³/mol. The van der Waals surface area contributed by atoms with Crippen molar-refractivity contribution < 1.29 is 17.9 Å². The maximum Gasteiger partial charge on any atom is 0.254 e. The minimum Gasteiger partial charge on any atom is -0.497 e. The molecule has 7 heteroatoms. The Hall–Kier alpha value is -1.60. The van der Waals surface area contributed by atoms with Crippen molar-refractivity contribution in [3.8, 4) is 5.75 Å². The molecule has 6 nitrogen and oxygen atoms in total. The Bertz CT molecular complexity index is 689. The number of sulfonamides is 1. The van der Waals surface area contributed by atoms with E-state index < -0.39 is 10.0 Å². The molecule has 120 valence electrons. The molecule has 22 heavy (non-hydrogen) atoms. The van der Waals surface area contributed by atoms with Gasteiger partial charge in [0.05, 0.1) is 13.4 Å². The van der Waals surface area contributed by atoms with E-state index in [1.54, 1.807) is 31.4 Å². The molecule has 2 atom stereocenters. The maximum atomic E-state index is 12.7. The lowest BCUT2D eigenvalue weighted by atomic mass is 10.1. The van der Waals surface area contributed by atoms with E-state index in [1.807, 2.05) is 4.90 Å². The van der Waals surface area contributed by atoms with Gasteiger partial charge >= 0.3 is 0 Å². The smallest absolute Gasteiger partial charge is 0.254 e. The first-order valence-electron chi connectivity index (χ1n) is 7.33. The van der Waals surface area contributed by atoms with Crippen molar-refractivity contribution in [3.63, 3.8) is 0 Å². The number of carbonyl (C=O) groups is 1. The molecule has 2 heterocycles. The number of carbonyl (C=O) groups excluding carboxylic acids is 1. The van der Waals surface area contributed by atoms with Gasteiger partial charge in [0.1, 0.15) is 5.75 Å². The molecule has 0 spiro atoms. The second kappa shape index (κ2) is 5.55. The summed E-state index contributed by atoms with van der Waals surface area (Å²) in [6, 6.07) is 6.97. The molecule has 0 unspecified atom stereocenters. The lowest BCUT2D eigenvalue weighted by molar-refractivity contribution is 0.0734. The molecule has 0 bridgehead atoms. The molecular formula is C15H20N2O4S. The number of likely N-dealkylation sites (tertiary alicyclic amines) is 1. The molecule has 2 aliphatic heterocycles. The average molecular weight is 324 g/mol. The topological polar surface area (TPSA) is 66.9 Å². The summed E-state index contributed by atoms with van der Waals surface area (Å²) in [4.78, 5) is 14.5. The zero-order valence-corrected chi connectivity index (χ0v) is 13.5. The van der Waals surface area contributed by atoms with Crippen LogP contribution in [0.5, 0.6) is 5.75 Å². The Morgan fingerprint density at radius 1 is 1.23 bits per heavy atom. The summed E-state index contributed by atoms with van der Waals surface area (Å²) in [5.41, 5.74) is 0.581. The molecule has 2 saturated heterocycles. The molecule has 0 radical (unpaired) electrons. The van der Waals surface area contributed by atoms with Gasteiger partial charge in [-0.3, -0.25) is 4.79 Å². The van der Waals surface area contributed by atoms with E-state index in [0.717, 1.165) is 0 Å². The van der Waals surface area contributed by atoms with Crippen LogP contribution in [0.25, 0.3) is 0 Å². The summed E-state index contributed by atoms with van der Waals surface area (Å²) in [5, 5.41) is 0. The van der Waals surface area contributed by atoms with Crippen molar-refractivity contribution >= 4 is 15.9 Å². The highest BCUT2D eigenvalue weighted by Gasteiger charge is 2.47. The SMILES string of the molecule is COc1cccc(C(=O)N2CC[C@@H]3[C@@H]2CCN3S(C)(=O)=O)c1. The fourth-order valence-electron chi connectivity index (χ4n) is 3.53. The van der Waals surface area contributed by atoms with Gasteiger partial charge in [0.2, 0.25) is 10.0 Å². The average Bonchev–Trinajstić information content (AvgIpc) is 3.07. The van der Waals surface area contributed by atoms with Gasteiger partial charge in [0.25, 0.3) is 5.91 Å². The van der Waals surface area contributed by atoms with E-state index in [2.05, 4.69) is 0 Å². The number of rotatable bonds is 3. The van der Waals surface area contributed by atoms with Gasteiger partial charge in [-0.15, -0.1) is 0 Å². The van der Waals surface area contributed by atoms with Gasteiger partial charge in [-0.1, -0.05) is 6.07 Å². The number of benzene rings is 1. The van der Waals surface area contributed by atoms with Crippen molar-refractivity contribution in [2.24, 2.45) is 0 Å². The Kier molecular flexibility index (Phi) is 3.86. The van der Waals surface area contributed by atoms with E-state index in [1.165, 1.54) is 10.6 Å². The number of amides is 1. The largest absolute Gasteiger partial charge is 0.497 e. The van der Waals surface area contributed by atoms with Crippen molar-refractivity contribution in [2.45, 2.75) is 24.9 Å². The monoisotopic (exact) mass is 324 g/mol. The molecule has 0 aromatic heterocycles. The van der Waals surface area contributed by atoms with E-state index in [4.69, 9.17) is 4.74 Å². The van der Waals surface area contributed by atoms with Crippen LogP contribution < -0.4 is 4.74 Å². The van der Waals surface area contributed by atoms with Crippen LogP contribution in [0.1, 0.15) is 23.2 Å². The molecule has 0 saturated carbocycles. The molecular weight excluding hydrogens is 304 g/mol. The van der Waals surface area contributed by atoms with Crippen molar-refractivity contribution in [2.75, 3.05) is 26.5 Å². The molecule has 2 fully saturated rings. The van der Waals surface area contributed by atoms with Crippen molar-refractivity contribution in [1.29, 1.82) is 0 Å². The van der Waals surface area contributed by atoms with E-state index in [-0.39, 0.29) is 18.0 Å². The normalized spacial score (nSPS) is 25.3. The molecule has 1 aromatic rings. The maximum absolute atomic E-state index is 12.7. The van der Waals surface area contributed by atoms with Gasteiger partial charge in [-0.05, 0) is 31.0 Å². The zero-order valence-electron chi connectivity index (χ0n) is 12.7. The Morgan fingerprint density at radius 3 is 2.64 bits per heavy atom. The van der Waals surface area contributed by atoms with E-state index in [9.17, 15) is 13.2 Å². The minimum atomic E-state index is -3.21. The van der Waals surface area contributed by atoms with Gasteiger partial charge in [-0.2, -0.15) is 4.31 Å². The summed E-state index contributed by atoms with van der Waals surface area (Å²) in [6.45, 7) is 1.09. The number of methoxy groups -OCH3 is 1. The van der Waals surface area contributed by atoms with E-state index >= 15 is 0 Å². The van der Waals surface area contributed by atoms with E-state index in [0.29, 0.717) is 37.2 Å². The Morgan fingerprint density at radius 2 is 1.95 bits per heavy atom. The number of hydrogen-bond acceptors (Lipinski definition) is 4. The Balaban J connectivity index is 1.81. The highest BCUT2D eigenvalue weighted by Crippen LogP contribution is 2.34. The summed E-state index contributed by atoms with van der Waals surface area (Å²) in [7, 11) is -1.64. The highest BCUT2D eigenvalue weighted by molar-refractivity contribution is 7.88. The third-order valence-corrected chi connectivity index (χ3v) is 5.83. The minimum absolute atomic E-state index is 0.0200. The Labute approximate surface area is 130 Å². The second-order valence-corrected chi connectivity index (χ2v) is 7.75. The predicted octanol–water partition coefficient (Wildman–Crippen LogP) is 0.944. The molecule has 2 aliphatic rings. The molecule has 0 N–H and O–H groups in total. The number of hydrogen-bond donors (Lipinski definition) is 0. The third-order valence-electron chi connectivity index (χ3n) is 4.53. The standard InChI is InChI=1S/C15H20N2O4S/c1-21-12-5-3-4-11(10-12)15(18)16-8-6-14-13(16)7-9-17(14)22(2,19)20/h3-5,10,13-14H,6-9H2,1-2H3/t13-,14+/m0/s1. The van der Waals surface area contributed by atoms with Gasteiger partial charge in [0, 0.05) is 30.7 Å². The summed E-state index contributed by atoms with van der Waals surface area (Å²) in [6.07, 6.45) is 2.64. The van der Waals surface area contributed by atoms with Crippen LogP contribution in [0.4, 0.5) is 0 Å². The van der Waals surface area contributed by atoms with Crippen LogP contribution in [-0.2, 0) is 10.0 Å². The van der Waals surface area contributed by atoms with Gasteiger partial charge in [-0.25, -0.2) is 8.42 Å². The van der Waals surface area contributed by atoms with Crippen molar-refractivity contribution in [3.05, 3.63) is 29.8 Å². The lowest BCUT2D eigenvalue weighted by Gasteiger charge is -2.24. The fraction of sp³-hybridized carbons (Fsp3) is 0.533. The molecule has 3 rings (SSSR count). The summed E-state index contributed by atoms with van der Waals surface area (Å²) < 4.78 is 30.3. The van der Waals surface area contributed by atoms with Crippen LogP contribution in [-0.4, -0.2) is 62.1 Å². The second-order valence-electron chi connectivity index (χ2n) is 5.82. The van der Waals surface area contributed by atoms with Crippen LogP contribution >= 0.6 is 0 Å². The van der Waals surface area contributed by atoms with Crippen LogP contribution in [0, 0.1) is 0 Å². The molecule has 1 aromatic carbocycles. The number of fused-ring (bicyclic) bond motifs is 1. The van der Waals surface area contributed by atoms with Gasteiger partial charge in [0.15, 0.2) is 0 Å². The molecule has 0 aliphatic carbocycles. The summed E-state index contributed by atoms with van der Waals surface area (Å²) in [5.74, 6) is 0.590. The number of nitrogens with zero attached hydrogens (tertiary/aromatic N) is 2. The summed E-state index contributed by atoms with van der Waals surface area (Å²) >= 11 is 0. The lowest BCUT2D eigenvalue weighted by Crippen LogP contribution is -2.41. The number of ether oxygens (including phenoxy) is 1. The quantitative estimate of drug-likeness (QED) is 0.830. The molecule has 1 amide bonds. The van der Waals surface area contributed by atoms with Crippen LogP contribution in [0.3, 0.4) is 0 Å².